The van der Waals surface area contributed by atoms with Crippen LogP contribution in [0.25, 0.3) is 0 Å². The second-order valence-electron chi connectivity index (χ2n) is 6.01. The van der Waals surface area contributed by atoms with Crippen LogP contribution in [0.4, 0.5) is 17.6 Å². The summed E-state index contributed by atoms with van der Waals surface area (Å²) in [5, 5.41) is 7.64. The maximum absolute atomic E-state index is 13.7. The van der Waals surface area contributed by atoms with Gasteiger partial charge in [-0.3, -0.25) is 4.99 Å². The van der Waals surface area contributed by atoms with Gasteiger partial charge in [0, 0.05) is 24.9 Å². The molecule has 0 fully saturated rings. The Morgan fingerprint density at radius 2 is 2.07 bits per heavy atom. The molecule has 0 saturated carbocycles. The molecular weight excluding hydrogens is 380 g/mol. The summed E-state index contributed by atoms with van der Waals surface area (Å²) in [6.07, 6.45) is -4.11. The number of benzene rings is 1. The minimum Gasteiger partial charge on any atom is -0.357 e. The van der Waals surface area contributed by atoms with Gasteiger partial charge in [-0.25, -0.2) is 9.37 Å². The lowest BCUT2D eigenvalue weighted by atomic mass is 10.1. The summed E-state index contributed by atoms with van der Waals surface area (Å²) < 4.78 is 51.5. The van der Waals surface area contributed by atoms with E-state index in [9.17, 15) is 17.6 Å². The van der Waals surface area contributed by atoms with E-state index in [1.54, 1.807) is 13.0 Å². The number of guanidine groups is 1. The molecule has 4 nitrogen and oxygen atoms in total. The molecule has 2 rings (SSSR count). The van der Waals surface area contributed by atoms with E-state index in [0.717, 1.165) is 22.3 Å². The Morgan fingerprint density at radius 1 is 1.33 bits per heavy atom. The molecule has 148 valence electrons. The number of aromatic nitrogens is 1. The third kappa shape index (κ3) is 6.20. The molecule has 1 aromatic heterocycles. The number of halogens is 4. The number of aliphatic imine (C=N–C) groups is 1. The van der Waals surface area contributed by atoms with Gasteiger partial charge < -0.3 is 10.6 Å². The number of aryl methyl sites for hydroxylation is 1. The van der Waals surface area contributed by atoms with Crippen LogP contribution in [0.15, 0.2) is 28.6 Å². The van der Waals surface area contributed by atoms with Crippen LogP contribution < -0.4 is 10.6 Å². The van der Waals surface area contributed by atoms with E-state index in [4.69, 9.17) is 0 Å². The van der Waals surface area contributed by atoms with Crippen LogP contribution in [0.3, 0.4) is 0 Å². The summed E-state index contributed by atoms with van der Waals surface area (Å²) >= 11 is 0.972. The summed E-state index contributed by atoms with van der Waals surface area (Å²) in [5.74, 6) is 0.242. The predicted octanol–water partition coefficient (Wildman–Crippen LogP) is 4.47. The van der Waals surface area contributed by atoms with Crippen LogP contribution in [0.2, 0.25) is 0 Å². The molecule has 2 N–H and O–H groups in total. The maximum atomic E-state index is 13.7. The van der Waals surface area contributed by atoms with E-state index < -0.39 is 11.9 Å². The Hall–Kier alpha value is -2.16. The summed E-state index contributed by atoms with van der Waals surface area (Å²) in [5.41, 5.74) is 0.484. The Balaban J connectivity index is 1.99. The van der Waals surface area contributed by atoms with E-state index in [2.05, 4.69) is 20.6 Å². The lowest BCUT2D eigenvalue weighted by Gasteiger charge is -2.18. The average molecular weight is 402 g/mol. The first-order valence-electron chi connectivity index (χ1n) is 8.53. The van der Waals surface area contributed by atoms with Gasteiger partial charge in [0.1, 0.15) is 5.82 Å². The number of alkyl halides is 3. The summed E-state index contributed by atoms with van der Waals surface area (Å²) in [6.45, 7) is 6.40. The lowest BCUT2D eigenvalue weighted by molar-refractivity contribution is -0.140. The fraction of sp³-hybridized carbons (Fsp3) is 0.444. The lowest BCUT2D eigenvalue weighted by Crippen LogP contribution is -2.38. The van der Waals surface area contributed by atoms with Gasteiger partial charge in [-0.05, 0) is 38.0 Å². The van der Waals surface area contributed by atoms with Crippen molar-refractivity contribution in [2.45, 2.75) is 39.4 Å². The summed E-state index contributed by atoms with van der Waals surface area (Å²) in [6, 6.07) is 4.85. The molecule has 1 unspecified atom stereocenters. The molecule has 0 aliphatic heterocycles. The molecule has 1 aromatic carbocycles. The van der Waals surface area contributed by atoms with Crippen molar-refractivity contribution in [1.29, 1.82) is 0 Å². The zero-order chi connectivity index (χ0) is 20.0. The van der Waals surface area contributed by atoms with Crippen LogP contribution >= 0.6 is 11.3 Å². The second-order valence-corrected chi connectivity index (χ2v) is 6.95. The molecule has 0 spiro atoms. The number of nitrogens with zero attached hydrogens (tertiary/aromatic N) is 2. The molecule has 2 aromatic rings. The molecular formula is C18H22F4N4S. The molecule has 0 bridgehead atoms. The van der Waals surface area contributed by atoms with Gasteiger partial charge in [0.25, 0.3) is 0 Å². The van der Waals surface area contributed by atoms with E-state index >= 15 is 0 Å². The zero-order valence-corrected chi connectivity index (χ0v) is 16.1. The smallest absolute Gasteiger partial charge is 0.357 e. The van der Waals surface area contributed by atoms with E-state index in [1.807, 2.05) is 19.9 Å². The van der Waals surface area contributed by atoms with Crippen molar-refractivity contribution in [3.8, 4) is 0 Å². The molecule has 27 heavy (non-hydrogen) atoms. The van der Waals surface area contributed by atoms with Crippen molar-refractivity contribution >= 4 is 17.3 Å². The number of rotatable bonds is 6. The van der Waals surface area contributed by atoms with Crippen LogP contribution in [0.5, 0.6) is 0 Å². The van der Waals surface area contributed by atoms with Crippen LogP contribution in [-0.2, 0) is 12.6 Å². The topological polar surface area (TPSA) is 49.3 Å². The SMILES string of the molecule is CCNC(=NCCc1nc(C(F)(F)F)cs1)NC(C)c1ccc(C)c(F)c1. The third-order valence-corrected chi connectivity index (χ3v) is 4.74. The predicted molar refractivity (Wildman–Crippen MR) is 99.5 cm³/mol. The highest BCUT2D eigenvalue weighted by atomic mass is 32.1. The Kier molecular flexibility index (Phi) is 7.18. The van der Waals surface area contributed by atoms with Gasteiger partial charge in [-0.2, -0.15) is 13.2 Å². The molecule has 0 aliphatic carbocycles. The first-order chi connectivity index (χ1) is 12.7. The number of thiazole rings is 1. The van der Waals surface area contributed by atoms with Gasteiger partial charge in [0.2, 0.25) is 0 Å². The van der Waals surface area contributed by atoms with E-state index in [0.29, 0.717) is 29.5 Å². The van der Waals surface area contributed by atoms with Gasteiger partial charge in [-0.1, -0.05) is 12.1 Å². The fourth-order valence-corrected chi connectivity index (χ4v) is 3.10. The summed E-state index contributed by atoms with van der Waals surface area (Å²) in [4.78, 5) is 7.96. The van der Waals surface area contributed by atoms with Crippen molar-refractivity contribution < 1.29 is 17.6 Å². The van der Waals surface area contributed by atoms with Gasteiger partial charge in [-0.15, -0.1) is 11.3 Å². The van der Waals surface area contributed by atoms with Gasteiger partial charge in [0.15, 0.2) is 11.7 Å². The largest absolute Gasteiger partial charge is 0.434 e. The molecule has 0 amide bonds. The highest BCUT2D eigenvalue weighted by Crippen LogP contribution is 2.30. The van der Waals surface area contributed by atoms with Gasteiger partial charge in [0.05, 0.1) is 11.0 Å². The first-order valence-corrected chi connectivity index (χ1v) is 9.41. The third-order valence-electron chi connectivity index (χ3n) is 3.83. The fourth-order valence-electron chi connectivity index (χ4n) is 2.31. The van der Waals surface area contributed by atoms with E-state index in [-0.39, 0.29) is 18.4 Å². The first kappa shape index (κ1) is 21.1. The number of hydrogen-bond acceptors (Lipinski definition) is 3. The highest BCUT2D eigenvalue weighted by molar-refractivity contribution is 7.09. The second kappa shape index (κ2) is 9.16. The van der Waals surface area contributed by atoms with Crippen LogP contribution in [-0.4, -0.2) is 24.0 Å². The van der Waals surface area contributed by atoms with Crippen molar-refractivity contribution in [3.63, 3.8) is 0 Å². The molecule has 0 radical (unpaired) electrons. The zero-order valence-electron chi connectivity index (χ0n) is 15.3. The van der Waals surface area contributed by atoms with Gasteiger partial charge >= 0.3 is 6.18 Å². The summed E-state index contributed by atoms with van der Waals surface area (Å²) in [7, 11) is 0. The minimum atomic E-state index is -4.42. The van der Waals surface area contributed by atoms with Crippen LogP contribution in [0.1, 0.15) is 41.7 Å². The molecule has 0 aliphatic rings. The monoisotopic (exact) mass is 402 g/mol. The highest BCUT2D eigenvalue weighted by Gasteiger charge is 2.33. The Bertz CT molecular complexity index is 786. The molecule has 1 atom stereocenters. The maximum Gasteiger partial charge on any atom is 0.434 e. The van der Waals surface area contributed by atoms with E-state index in [1.165, 1.54) is 6.07 Å². The number of hydrogen-bond donors (Lipinski definition) is 2. The van der Waals surface area contributed by atoms with Crippen molar-refractivity contribution in [3.05, 3.63) is 51.2 Å². The van der Waals surface area contributed by atoms with Crippen LogP contribution in [0, 0.1) is 12.7 Å². The molecule has 1 heterocycles. The Labute approximate surface area is 159 Å². The normalized spacial score (nSPS) is 13.5. The minimum absolute atomic E-state index is 0.186. The average Bonchev–Trinajstić information content (AvgIpc) is 3.06. The Morgan fingerprint density at radius 3 is 2.67 bits per heavy atom. The molecule has 0 saturated heterocycles. The van der Waals surface area contributed by atoms with Crippen molar-refractivity contribution in [2.24, 2.45) is 4.99 Å². The quantitative estimate of drug-likeness (QED) is 0.426. The van der Waals surface area contributed by atoms with Crippen molar-refractivity contribution in [2.75, 3.05) is 13.1 Å². The standard InChI is InChI=1S/C18H22F4N4S/c1-4-23-17(25-12(3)13-6-5-11(2)14(19)9-13)24-8-7-16-26-15(10-27-16)18(20,21)22/h5-6,9-10,12H,4,7-8H2,1-3H3,(H2,23,24,25). The molecule has 9 heteroatoms. The van der Waals surface area contributed by atoms with Crippen molar-refractivity contribution in [1.82, 2.24) is 15.6 Å². The number of nitrogens with one attached hydrogen (secondary N) is 2.